The third-order valence-corrected chi connectivity index (χ3v) is 5.69. The molecule has 1 atom stereocenters. The van der Waals surface area contributed by atoms with Crippen molar-refractivity contribution in [2.24, 2.45) is 10.9 Å². The summed E-state index contributed by atoms with van der Waals surface area (Å²) in [6.07, 6.45) is 6.34. The molecule has 154 valence electrons. The largest absolute Gasteiger partial charge is 0.361 e. The van der Waals surface area contributed by atoms with Crippen LogP contribution in [0.4, 0.5) is 0 Å². The first-order valence-electron chi connectivity index (χ1n) is 10.3. The van der Waals surface area contributed by atoms with Crippen LogP contribution in [0.3, 0.4) is 0 Å². The molecule has 27 heavy (non-hydrogen) atoms. The summed E-state index contributed by atoms with van der Waals surface area (Å²) in [5.41, 5.74) is 2.19. The van der Waals surface area contributed by atoms with Gasteiger partial charge in [-0.3, -0.25) is 4.99 Å². The fourth-order valence-corrected chi connectivity index (χ4v) is 4.24. The van der Waals surface area contributed by atoms with E-state index < -0.39 is 0 Å². The van der Waals surface area contributed by atoms with Gasteiger partial charge in [-0.2, -0.15) is 0 Å². The number of aryl methyl sites for hydroxylation is 2. The number of aromatic nitrogens is 1. The highest BCUT2D eigenvalue weighted by Gasteiger charge is 2.27. The summed E-state index contributed by atoms with van der Waals surface area (Å²) >= 11 is 0. The van der Waals surface area contributed by atoms with E-state index in [0.717, 1.165) is 55.9 Å². The predicted molar refractivity (Wildman–Crippen MR) is 121 cm³/mol. The minimum atomic E-state index is 0. The summed E-state index contributed by atoms with van der Waals surface area (Å²) in [6, 6.07) is 0. The van der Waals surface area contributed by atoms with Gasteiger partial charge >= 0.3 is 0 Å². The Kier molecular flexibility index (Phi) is 9.35. The molecular weight excluding hydrogens is 453 g/mol. The smallest absolute Gasteiger partial charge is 0.193 e. The number of aliphatic imine (C=N–C) groups is 1. The fraction of sp³-hybridized carbons (Fsp3) is 0.800. The van der Waals surface area contributed by atoms with Crippen molar-refractivity contribution in [3.8, 4) is 0 Å². The average molecular weight is 489 g/mol. The van der Waals surface area contributed by atoms with Crippen molar-refractivity contribution in [1.82, 2.24) is 20.3 Å². The molecule has 0 amide bonds. The van der Waals surface area contributed by atoms with Gasteiger partial charge in [0.1, 0.15) is 5.76 Å². The zero-order chi connectivity index (χ0) is 18.4. The van der Waals surface area contributed by atoms with Crippen LogP contribution in [-0.2, 0) is 6.42 Å². The molecule has 2 saturated heterocycles. The third kappa shape index (κ3) is 6.34. The molecule has 1 unspecified atom stereocenters. The van der Waals surface area contributed by atoms with Crippen LogP contribution in [0.2, 0.25) is 0 Å². The van der Waals surface area contributed by atoms with Crippen molar-refractivity contribution in [1.29, 1.82) is 0 Å². The number of nitrogens with one attached hydrogen (secondary N) is 1. The number of likely N-dealkylation sites (tertiary alicyclic amines) is 2. The standard InChI is InChI=1S/C20H35N5O.HI/c1-4-21-20(22-10-8-19-16(2)23-26-17(19)3)25-13-9-18(15-25)14-24-11-6-5-7-12-24;/h18H,4-15H2,1-3H3,(H,21,22);1H. The van der Waals surface area contributed by atoms with E-state index in [1.54, 1.807) is 0 Å². The lowest BCUT2D eigenvalue weighted by molar-refractivity contribution is 0.198. The molecule has 0 radical (unpaired) electrons. The normalized spacial score (nSPS) is 21.4. The topological polar surface area (TPSA) is 56.9 Å². The van der Waals surface area contributed by atoms with Crippen LogP contribution >= 0.6 is 24.0 Å². The highest BCUT2D eigenvalue weighted by molar-refractivity contribution is 14.0. The van der Waals surface area contributed by atoms with Gasteiger partial charge in [0, 0.05) is 38.3 Å². The minimum absolute atomic E-state index is 0. The number of hydrogen-bond donors (Lipinski definition) is 1. The van der Waals surface area contributed by atoms with Crippen molar-refractivity contribution in [3.05, 3.63) is 17.0 Å². The number of hydrogen-bond acceptors (Lipinski definition) is 4. The molecule has 3 rings (SSSR count). The predicted octanol–water partition coefficient (Wildman–Crippen LogP) is 3.23. The molecular formula is C20H36IN5O. The lowest BCUT2D eigenvalue weighted by Gasteiger charge is -2.29. The molecule has 2 fully saturated rings. The number of halogens is 1. The summed E-state index contributed by atoms with van der Waals surface area (Å²) in [6.45, 7) is 13.9. The molecule has 0 bridgehead atoms. The molecule has 1 N–H and O–H groups in total. The van der Waals surface area contributed by atoms with Gasteiger partial charge in [-0.1, -0.05) is 11.6 Å². The Bertz CT molecular complexity index is 578. The monoisotopic (exact) mass is 489 g/mol. The van der Waals surface area contributed by atoms with Gasteiger partial charge in [-0.15, -0.1) is 24.0 Å². The van der Waals surface area contributed by atoms with E-state index in [-0.39, 0.29) is 24.0 Å². The molecule has 1 aromatic rings. The molecule has 0 spiro atoms. The van der Waals surface area contributed by atoms with E-state index in [4.69, 9.17) is 9.52 Å². The molecule has 2 aliphatic rings. The van der Waals surface area contributed by atoms with E-state index in [0.29, 0.717) is 0 Å². The molecule has 0 aliphatic carbocycles. The van der Waals surface area contributed by atoms with E-state index >= 15 is 0 Å². The first kappa shape index (κ1) is 22.5. The molecule has 3 heterocycles. The van der Waals surface area contributed by atoms with E-state index in [1.165, 1.54) is 50.9 Å². The summed E-state index contributed by atoms with van der Waals surface area (Å²) in [4.78, 5) is 10.00. The molecule has 7 heteroatoms. The van der Waals surface area contributed by atoms with Gasteiger partial charge in [-0.25, -0.2) is 0 Å². The van der Waals surface area contributed by atoms with Crippen LogP contribution in [0.1, 0.15) is 49.6 Å². The Hall–Kier alpha value is -0.830. The van der Waals surface area contributed by atoms with Crippen LogP contribution in [0, 0.1) is 19.8 Å². The minimum Gasteiger partial charge on any atom is -0.361 e. The summed E-state index contributed by atoms with van der Waals surface area (Å²) < 4.78 is 5.26. The van der Waals surface area contributed by atoms with Gasteiger partial charge < -0.3 is 19.6 Å². The second-order valence-corrected chi connectivity index (χ2v) is 7.75. The lowest BCUT2D eigenvalue weighted by Crippen LogP contribution is -2.41. The van der Waals surface area contributed by atoms with E-state index in [9.17, 15) is 0 Å². The molecule has 2 aliphatic heterocycles. The quantitative estimate of drug-likeness (QED) is 0.378. The van der Waals surface area contributed by atoms with Gasteiger partial charge in [0.15, 0.2) is 5.96 Å². The fourth-order valence-electron chi connectivity index (χ4n) is 4.24. The number of nitrogens with zero attached hydrogens (tertiary/aromatic N) is 4. The number of rotatable bonds is 6. The first-order valence-corrected chi connectivity index (χ1v) is 10.3. The maximum Gasteiger partial charge on any atom is 0.193 e. The Morgan fingerprint density at radius 1 is 1.22 bits per heavy atom. The zero-order valence-corrected chi connectivity index (χ0v) is 19.5. The molecule has 0 aromatic carbocycles. The average Bonchev–Trinajstić information content (AvgIpc) is 3.23. The van der Waals surface area contributed by atoms with Crippen molar-refractivity contribution in [2.45, 2.75) is 52.9 Å². The van der Waals surface area contributed by atoms with Gasteiger partial charge in [0.25, 0.3) is 0 Å². The maximum absolute atomic E-state index is 5.26. The maximum atomic E-state index is 5.26. The summed E-state index contributed by atoms with van der Waals surface area (Å²) in [5.74, 6) is 2.77. The Morgan fingerprint density at radius 2 is 2.00 bits per heavy atom. The van der Waals surface area contributed by atoms with Gasteiger partial charge in [-0.05, 0) is 65.5 Å². The van der Waals surface area contributed by atoms with E-state index in [1.807, 2.05) is 13.8 Å². The van der Waals surface area contributed by atoms with E-state index in [2.05, 4.69) is 27.2 Å². The molecule has 6 nitrogen and oxygen atoms in total. The lowest BCUT2D eigenvalue weighted by atomic mass is 10.1. The molecule has 0 saturated carbocycles. The highest BCUT2D eigenvalue weighted by Crippen LogP contribution is 2.20. The molecule has 1 aromatic heterocycles. The van der Waals surface area contributed by atoms with Gasteiger partial charge in [0.05, 0.1) is 5.69 Å². The highest BCUT2D eigenvalue weighted by atomic mass is 127. The van der Waals surface area contributed by atoms with Crippen LogP contribution in [0.15, 0.2) is 9.52 Å². The van der Waals surface area contributed by atoms with Crippen LogP contribution in [0.25, 0.3) is 0 Å². The summed E-state index contributed by atoms with van der Waals surface area (Å²) in [7, 11) is 0. The Morgan fingerprint density at radius 3 is 2.67 bits per heavy atom. The second-order valence-electron chi connectivity index (χ2n) is 7.75. The van der Waals surface area contributed by atoms with Crippen molar-refractivity contribution in [3.63, 3.8) is 0 Å². The zero-order valence-electron chi connectivity index (χ0n) is 17.2. The van der Waals surface area contributed by atoms with Gasteiger partial charge in [0.2, 0.25) is 0 Å². The Labute approximate surface area is 181 Å². The Balaban J connectivity index is 0.00000261. The third-order valence-electron chi connectivity index (χ3n) is 5.69. The van der Waals surface area contributed by atoms with Crippen LogP contribution in [-0.4, -0.2) is 66.7 Å². The first-order chi connectivity index (χ1) is 12.7. The number of piperidine rings is 1. The number of guanidine groups is 1. The summed E-state index contributed by atoms with van der Waals surface area (Å²) in [5, 5.41) is 7.52. The van der Waals surface area contributed by atoms with Crippen molar-refractivity contribution >= 4 is 29.9 Å². The second kappa shape index (κ2) is 11.2. The van der Waals surface area contributed by atoms with Crippen LogP contribution in [0.5, 0.6) is 0 Å². The van der Waals surface area contributed by atoms with Crippen molar-refractivity contribution < 1.29 is 4.52 Å². The van der Waals surface area contributed by atoms with Crippen LogP contribution < -0.4 is 5.32 Å². The SMILES string of the molecule is CCNC(=NCCc1c(C)noc1C)N1CCC(CN2CCCCC2)C1.I. The van der Waals surface area contributed by atoms with Crippen molar-refractivity contribution in [2.75, 3.05) is 45.8 Å².